The van der Waals surface area contributed by atoms with E-state index in [1.54, 1.807) is 20.2 Å². The number of benzene rings is 2. The summed E-state index contributed by atoms with van der Waals surface area (Å²) in [5.41, 5.74) is 3.59. The van der Waals surface area contributed by atoms with Crippen molar-refractivity contribution < 1.29 is 23.5 Å². The lowest BCUT2D eigenvalue weighted by molar-refractivity contribution is -0.136. The molecule has 0 bridgehead atoms. The molecule has 43 heavy (non-hydrogen) atoms. The highest BCUT2D eigenvalue weighted by molar-refractivity contribution is 6.18. The van der Waals surface area contributed by atoms with Crippen molar-refractivity contribution in [2.75, 3.05) is 31.6 Å². The molecule has 0 saturated heterocycles. The van der Waals surface area contributed by atoms with E-state index in [1.165, 1.54) is 40.3 Å². The smallest absolute Gasteiger partial charge is 0.341 e. The molecule has 10 heteroatoms. The minimum atomic E-state index is -0.607. The van der Waals surface area contributed by atoms with Crippen molar-refractivity contribution in [3.05, 3.63) is 101 Å². The Morgan fingerprint density at radius 2 is 1.88 bits per heavy atom. The van der Waals surface area contributed by atoms with Crippen LogP contribution in [0.2, 0.25) is 0 Å². The fourth-order valence-corrected chi connectivity index (χ4v) is 5.40. The topological polar surface area (TPSA) is 108 Å². The zero-order chi connectivity index (χ0) is 30.7. The van der Waals surface area contributed by atoms with Crippen LogP contribution < -0.4 is 10.2 Å². The number of amides is 3. The molecule has 5 rings (SSSR count). The second kappa shape index (κ2) is 12.1. The van der Waals surface area contributed by atoms with Crippen LogP contribution in [0, 0.1) is 5.82 Å². The van der Waals surface area contributed by atoms with Gasteiger partial charge in [-0.15, -0.1) is 0 Å². The predicted octanol–water partition coefficient (Wildman–Crippen LogP) is 5.43. The number of pyridine rings is 1. The van der Waals surface area contributed by atoms with E-state index in [4.69, 9.17) is 4.74 Å². The van der Waals surface area contributed by atoms with E-state index in [1.807, 2.05) is 50.2 Å². The number of carbonyl (C=O) groups excluding carboxylic acids is 3. The number of esters is 1. The standard InChI is InChI=1S/C33H34FN5O4/c1-5-43-31(41)26-19-39(30(40)21-9-11-22(34)12-10-21)20-33(2,3)28-25-14-13-24(18-27(25)37-29(26)28)38(4)32(42)36-17-15-23-8-6-7-16-35-23/h6-14,16,18-19,37H,5,15,17,20H2,1-4H3,(H,36,42). The second-order valence-electron chi connectivity index (χ2n) is 11.1. The second-order valence-corrected chi connectivity index (χ2v) is 11.1. The summed E-state index contributed by atoms with van der Waals surface area (Å²) >= 11 is 0. The van der Waals surface area contributed by atoms with Gasteiger partial charge in [0.1, 0.15) is 5.82 Å². The molecule has 0 aliphatic carbocycles. The number of rotatable bonds is 7. The van der Waals surface area contributed by atoms with E-state index in [0.29, 0.717) is 29.9 Å². The number of ether oxygens (including phenoxy) is 1. The maximum Gasteiger partial charge on any atom is 0.341 e. The number of H-pyrrole nitrogens is 1. The zero-order valence-corrected chi connectivity index (χ0v) is 24.6. The van der Waals surface area contributed by atoms with Gasteiger partial charge in [-0.25, -0.2) is 14.0 Å². The Balaban J connectivity index is 1.47. The van der Waals surface area contributed by atoms with E-state index in [9.17, 15) is 18.8 Å². The van der Waals surface area contributed by atoms with Gasteiger partial charge in [0.2, 0.25) is 0 Å². The molecule has 3 heterocycles. The molecule has 2 aromatic carbocycles. The van der Waals surface area contributed by atoms with Crippen LogP contribution in [0.3, 0.4) is 0 Å². The molecule has 1 aliphatic heterocycles. The van der Waals surface area contributed by atoms with Gasteiger partial charge < -0.3 is 19.9 Å². The first kappa shape index (κ1) is 29.5. The van der Waals surface area contributed by atoms with Crippen molar-refractivity contribution in [1.82, 2.24) is 20.2 Å². The Morgan fingerprint density at radius 1 is 1.12 bits per heavy atom. The number of fused-ring (bicyclic) bond motifs is 3. The van der Waals surface area contributed by atoms with Crippen molar-refractivity contribution in [3.63, 3.8) is 0 Å². The van der Waals surface area contributed by atoms with E-state index in [2.05, 4.69) is 15.3 Å². The Morgan fingerprint density at radius 3 is 2.58 bits per heavy atom. The molecular formula is C33H34FN5O4. The molecule has 0 atom stereocenters. The van der Waals surface area contributed by atoms with Crippen LogP contribution in [0.4, 0.5) is 14.9 Å². The van der Waals surface area contributed by atoms with Crippen LogP contribution in [0.5, 0.6) is 0 Å². The van der Waals surface area contributed by atoms with Gasteiger partial charge in [0, 0.05) is 72.2 Å². The SMILES string of the molecule is CCOC(=O)C1=CN(C(=O)c2ccc(F)cc2)CC(C)(C)c2c1[nH]c1cc(N(C)C(=O)NCCc3ccccn3)ccc21. The van der Waals surface area contributed by atoms with Crippen molar-refractivity contribution in [2.45, 2.75) is 32.6 Å². The molecule has 2 N–H and O–H groups in total. The number of carbonyl (C=O) groups is 3. The van der Waals surface area contributed by atoms with Gasteiger partial charge in [-0.05, 0) is 61.0 Å². The van der Waals surface area contributed by atoms with E-state index in [-0.39, 0.29) is 30.7 Å². The summed E-state index contributed by atoms with van der Waals surface area (Å²) in [6.07, 6.45) is 3.84. The third-order valence-corrected chi connectivity index (χ3v) is 7.50. The van der Waals surface area contributed by atoms with Crippen LogP contribution >= 0.6 is 0 Å². The molecular weight excluding hydrogens is 549 g/mol. The van der Waals surface area contributed by atoms with Gasteiger partial charge >= 0.3 is 12.0 Å². The average Bonchev–Trinajstić information content (AvgIpc) is 3.33. The summed E-state index contributed by atoms with van der Waals surface area (Å²) in [5, 5.41) is 3.78. The highest BCUT2D eigenvalue weighted by atomic mass is 19.1. The van der Waals surface area contributed by atoms with Crippen molar-refractivity contribution in [2.24, 2.45) is 0 Å². The van der Waals surface area contributed by atoms with Gasteiger partial charge in [0.25, 0.3) is 5.91 Å². The fraction of sp³-hybridized carbons (Fsp3) is 0.273. The number of halogens is 1. The molecule has 9 nitrogen and oxygen atoms in total. The first-order valence-electron chi connectivity index (χ1n) is 14.1. The van der Waals surface area contributed by atoms with Gasteiger partial charge in [-0.2, -0.15) is 0 Å². The quantitative estimate of drug-likeness (QED) is 0.282. The number of urea groups is 1. The van der Waals surface area contributed by atoms with E-state index in [0.717, 1.165) is 22.2 Å². The highest BCUT2D eigenvalue weighted by Gasteiger charge is 2.37. The normalized spacial score (nSPS) is 14.0. The first-order chi connectivity index (χ1) is 20.6. The van der Waals surface area contributed by atoms with Crippen LogP contribution in [-0.2, 0) is 21.4 Å². The van der Waals surface area contributed by atoms with Gasteiger partial charge in [0.15, 0.2) is 0 Å². The molecule has 0 radical (unpaired) electrons. The van der Waals surface area contributed by atoms with Crippen LogP contribution in [0.25, 0.3) is 16.5 Å². The minimum Gasteiger partial charge on any atom is -0.462 e. The summed E-state index contributed by atoms with van der Waals surface area (Å²) in [5.74, 6) is -1.37. The molecule has 2 aromatic heterocycles. The molecule has 3 amide bonds. The van der Waals surface area contributed by atoms with Crippen molar-refractivity contribution in [3.8, 4) is 0 Å². The van der Waals surface area contributed by atoms with Gasteiger partial charge in [-0.3, -0.25) is 14.7 Å². The summed E-state index contributed by atoms with van der Waals surface area (Å²) < 4.78 is 18.9. The lowest BCUT2D eigenvalue weighted by Gasteiger charge is -2.29. The van der Waals surface area contributed by atoms with Crippen molar-refractivity contribution in [1.29, 1.82) is 0 Å². The third kappa shape index (κ3) is 6.13. The molecule has 4 aromatic rings. The lowest BCUT2D eigenvalue weighted by atomic mass is 9.81. The average molecular weight is 584 g/mol. The number of hydrogen-bond acceptors (Lipinski definition) is 5. The maximum absolute atomic E-state index is 13.5. The monoisotopic (exact) mass is 583 g/mol. The number of nitrogens with one attached hydrogen (secondary N) is 2. The van der Waals surface area contributed by atoms with Gasteiger partial charge in [0.05, 0.1) is 17.9 Å². The van der Waals surface area contributed by atoms with Crippen molar-refractivity contribution >= 4 is 40.1 Å². The molecule has 1 aliphatic rings. The predicted molar refractivity (Wildman–Crippen MR) is 163 cm³/mol. The largest absolute Gasteiger partial charge is 0.462 e. The Labute approximate surface area is 249 Å². The third-order valence-electron chi connectivity index (χ3n) is 7.50. The number of hydrogen-bond donors (Lipinski definition) is 2. The highest BCUT2D eigenvalue weighted by Crippen LogP contribution is 2.41. The lowest BCUT2D eigenvalue weighted by Crippen LogP contribution is -2.38. The maximum atomic E-state index is 13.5. The number of aromatic nitrogens is 2. The summed E-state index contributed by atoms with van der Waals surface area (Å²) in [6.45, 7) is 6.57. The number of nitrogens with zero attached hydrogens (tertiary/aromatic N) is 3. The molecule has 0 spiro atoms. The Hall–Kier alpha value is -4.99. The summed E-state index contributed by atoms with van der Waals surface area (Å²) in [4.78, 5) is 50.4. The Bertz CT molecular complexity index is 1700. The van der Waals surface area contributed by atoms with Crippen LogP contribution in [0.15, 0.2) is 73.1 Å². The summed E-state index contributed by atoms with van der Waals surface area (Å²) in [7, 11) is 1.69. The Kier molecular flexibility index (Phi) is 8.29. The molecule has 0 saturated carbocycles. The molecule has 0 unspecified atom stereocenters. The fourth-order valence-electron chi connectivity index (χ4n) is 5.40. The molecule has 0 fully saturated rings. The molecule has 222 valence electrons. The first-order valence-corrected chi connectivity index (χ1v) is 14.1. The zero-order valence-electron chi connectivity index (χ0n) is 24.6. The van der Waals surface area contributed by atoms with E-state index >= 15 is 0 Å². The van der Waals surface area contributed by atoms with Crippen LogP contribution in [0.1, 0.15) is 48.1 Å². The van der Waals surface area contributed by atoms with Crippen LogP contribution in [-0.4, -0.2) is 59.5 Å². The number of anilines is 1. The van der Waals surface area contributed by atoms with Gasteiger partial charge in [-0.1, -0.05) is 26.0 Å². The van der Waals surface area contributed by atoms with E-state index < -0.39 is 17.2 Å². The summed E-state index contributed by atoms with van der Waals surface area (Å²) in [6, 6.07) is 16.4. The minimum absolute atomic E-state index is 0.158. The number of aromatic amines is 1.